The van der Waals surface area contributed by atoms with Gasteiger partial charge in [-0.3, -0.25) is 0 Å². The summed E-state index contributed by atoms with van der Waals surface area (Å²) in [6.45, 7) is -0.182. The van der Waals surface area contributed by atoms with E-state index in [9.17, 15) is 17.2 Å². The molecule has 1 N–H and O–H groups in total. The average molecular weight is 362 g/mol. The third-order valence-corrected chi connectivity index (χ3v) is 4.96. The molecule has 1 unspecified atom stereocenters. The topological polar surface area (TPSA) is 55.4 Å². The Balaban J connectivity index is 2.21. The number of hydrogen-bond acceptors (Lipinski definition) is 3. The van der Waals surface area contributed by atoms with E-state index in [0.717, 1.165) is 12.1 Å². The molecule has 2 aromatic rings. The standard InChI is InChI=1S/C15H14ClF2NO3S/c1-22-14(11-4-2-3-5-12(11)16)9-19-23(20,21)15-8-10(17)6-7-13(15)18/h2-8,14,19H,9H2,1H3. The first-order valence-electron chi connectivity index (χ1n) is 6.57. The highest BCUT2D eigenvalue weighted by Gasteiger charge is 2.22. The van der Waals surface area contributed by atoms with Gasteiger partial charge < -0.3 is 4.74 Å². The van der Waals surface area contributed by atoms with Crippen molar-refractivity contribution in [3.05, 3.63) is 64.7 Å². The first kappa shape index (κ1) is 17.8. The quantitative estimate of drug-likeness (QED) is 0.859. The summed E-state index contributed by atoms with van der Waals surface area (Å²) in [7, 11) is -2.83. The van der Waals surface area contributed by atoms with E-state index in [0.29, 0.717) is 16.7 Å². The summed E-state index contributed by atoms with van der Waals surface area (Å²) >= 11 is 6.04. The lowest BCUT2D eigenvalue weighted by atomic mass is 10.1. The van der Waals surface area contributed by atoms with E-state index in [1.54, 1.807) is 24.3 Å². The van der Waals surface area contributed by atoms with Gasteiger partial charge in [-0.05, 0) is 24.3 Å². The van der Waals surface area contributed by atoms with Crippen LogP contribution in [-0.4, -0.2) is 22.1 Å². The van der Waals surface area contributed by atoms with Gasteiger partial charge in [0.25, 0.3) is 0 Å². The molecule has 0 amide bonds. The van der Waals surface area contributed by atoms with E-state index in [2.05, 4.69) is 4.72 Å². The van der Waals surface area contributed by atoms with E-state index in [1.807, 2.05) is 0 Å². The Hall–Kier alpha value is -1.54. The number of nitrogens with one attached hydrogen (secondary N) is 1. The Labute approximate surface area is 138 Å². The molecule has 0 aromatic heterocycles. The van der Waals surface area contributed by atoms with Gasteiger partial charge in [0.1, 0.15) is 16.5 Å². The second-order valence-electron chi connectivity index (χ2n) is 4.67. The molecule has 0 spiro atoms. The Morgan fingerprint density at radius 3 is 2.57 bits per heavy atom. The Bertz CT molecular complexity index is 799. The fourth-order valence-corrected chi connectivity index (χ4v) is 3.38. The first-order chi connectivity index (χ1) is 10.8. The van der Waals surface area contributed by atoms with Gasteiger partial charge in [0.05, 0.1) is 6.10 Å². The van der Waals surface area contributed by atoms with Crippen molar-refractivity contribution in [2.24, 2.45) is 0 Å². The van der Waals surface area contributed by atoms with E-state index in [1.165, 1.54) is 7.11 Å². The molecule has 0 heterocycles. The van der Waals surface area contributed by atoms with E-state index >= 15 is 0 Å². The van der Waals surface area contributed by atoms with Gasteiger partial charge in [-0.15, -0.1) is 0 Å². The van der Waals surface area contributed by atoms with E-state index in [4.69, 9.17) is 16.3 Å². The SMILES string of the molecule is COC(CNS(=O)(=O)c1cc(F)ccc1F)c1ccccc1Cl. The summed E-state index contributed by atoms with van der Waals surface area (Å²) in [5.41, 5.74) is 0.582. The minimum Gasteiger partial charge on any atom is -0.375 e. The minimum absolute atomic E-state index is 0.182. The lowest BCUT2D eigenvalue weighted by Crippen LogP contribution is -2.30. The molecule has 0 saturated carbocycles. The Morgan fingerprint density at radius 1 is 1.22 bits per heavy atom. The lowest BCUT2D eigenvalue weighted by Gasteiger charge is -2.18. The maximum absolute atomic E-state index is 13.6. The molecular formula is C15H14ClF2NO3S. The summed E-state index contributed by atoms with van der Waals surface area (Å²) in [5, 5.41) is 0.412. The smallest absolute Gasteiger partial charge is 0.243 e. The zero-order valence-corrected chi connectivity index (χ0v) is 13.7. The van der Waals surface area contributed by atoms with Crippen LogP contribution in [0.5, 0.6) is 0 Å². The summed E-state index contributed by atoms with van der Waals surface area (Å²) < 4.78 is 58.5. The minimum atomic E-state index is -4.23. The Kier molecular flexibility index (Phi) is 5.69. The Morgan fingerprint density at radius 2 is 1.91 bits per heavy atom. The zero-order valence-electron chi connectivity index (χ0n) is 12.1. The van der Waals surface area contributed by atoms with Crippen molar-refractivity contribution in [2.45, 2.75) is 11.0 Å². The predicted molar refractivity (Wildman–Crippen MR) is 82.7 cm³/mol. The van der Waals surface area contributed by atoms with Crippen molar-refractivity contribution in [2.75, 3.05) is 13.7 Å². The molecule has 0 bridgehead atoms. The monoisotopic (exact) mass is 361 g/mol. The third kappa shape index (κ3) is 4.26. The molecule has 2 rings (SSSR count). The number of halogens is 3. The van der Waals surface area contributed by atoms with Crippen molar-refractivity contribution in [3.8, 4) is 0 Å². The van der Waals surface area contributed by atoms with Crippen LogP contribution in [0, 0.1) is 11.6 Å². The highest BCUT2D eigenvalue weighted by Crippen LogP contribution is 2.25. The molecule has 23 heavy (non-hydrogen) atoms. The van der Waals surface area contributed by atoms with Gasteiger partial charge in [-0.1, -0.05) is 29.8 Å². The number of rotatable bonds is 6. The second kappa shape index (κ2) is 7.35. The van der Waals surface area contributed by atoms with Crippen molar-refractivity contribution >= 4 is 21.6 Å². The van der Waals surface area contributed by atoms with Crippen LogP contribution in [-0.2, 0) is 14.8 Å². The maximum atomic E-state index is 13.6. The van der Waals surface area contributed by atoms with Gasteiger partial charge in [0.15, 0.2) is 0 Å². The van der Waals surface area contributed by atoms with E-state index < -0.39 is 32.7 Å². The number of sulfonamides is 1. The van der Waals surface area contributed by atoms with Crippen LogP contribution in [0.4, 0.5) is 8.78 Å². The molecule has 2 aromatic carbocycles. The van der Waals surface area contributed by atoms with Gasteiger partial charge >= 0.3 is 0 Å². The number of methoxy groups -OCH3 is 1. The average Bonchev–Trinajstić information content (AvgIpc) is 2.51. The molecule has 0 aliphatic heterocycles. The zero-order chi connectivity index (χ0) is 17.0. The summed E-state index contributed by atoms with van der Waals surface area (Å²) in [5.74, 6) is -1.88. The molecule has 0 aliphatic rings. The van der Waals surface area contributed by atoms with Gasteiger partial charge in [-0.25, -0.2) is 21.9 Å². The van der Waals surface area contributed by atoms with Crippen LogP contribution in [0.25, 0.3) is 0 Å². The van der Waals surface area contributed by atoms with Gasteiger partial charge in [0.2, 0.25) is 10.0 Å². The lowest BCUT2D eigenvalue weighted by molar-refractivity contribution is 0.107. The molecule has 8 heteroatoms. The number of benzene rings is 2. The molecule has 124 valence electrons. The highest BCUT2D eigenvalue weighted by molar-refractivity contribution is 7.89. The molecule has 0 aliphatic carbocycles. The number of ether oxygens (including phenoxy) is 1. The largest absolute Gasteiger partial charge is 0.375 e. The number of hydrogen-bond donors (Lipinski definition) is 1. The van der Waals surface area contributed by atoms with Crippen molar-refractivity contribution < 1.29 is 21.9 Å². The van der Waals surface area contributed by atoms with Crippen LogP contribution in [0.1, 0.15) is 11.7 Å². The fourth-order valence-electron chi connectivity index (χ4n) is 2.00. The second-order valence-corrected chi connectivity index (χ2v) is 6.82. The molecule has 4 nitrogen and oxygen atoms in total. The van der Waals surface area contributed by atoms with Crippen LogP contribution >= 0.6 is 11.6 Å². The van der Waals surface area contributed by atoms with Crippen LogP contribution in [0.2, 0.25) is 5.02 Å². The maximum Gasteiger partial charge on any atom is 0.243 e. The van der Waals surface area contributed by atoms with E-state index in [-0.39, 0.29) is 6.54 Å². The fraction of sp³-hybridized carbons (Fsp3) is 0.200. The predicted octanol–water partition coefficient (Wildman–Crippen LogP) is 3.28. The molecule has 0 saturated heterocycles. The summed E-state index contributed by atoms with van der Waals surface area (Å²) in [4.78, 5) is -0.758. The van der Waals surface area contributed by atoms with Crippen molar-refractivity contribution in [1.82, 2.24) is 4.72 Å². The molecular weight excluding hydrogens is 348 g/mol. The molecule has 0 radical (unpaired) electrons. The molecule has 1 atom stereocenters. The van der Waals surface area contributed by atoms with Gasteiger partial charge in [0, 0.05) is 24.2 Å². The van der Waals surface area contributed by atoms with Crippen LogP contribution in [0.3, 0.4) is 0 Å². The molecule has 0 fully saturated rings. The third-order valence-electron chi connectivity index (χ3n) is 3.18. The van der Waals surface area contributed by atoms with Crippen molar-refractivity contribution in [1.29, 1.82) is 0 Å². The summed E-state index contributed by atoms with van der Waals surface area (Å²) in [6.07, 6.45) is -0.671. The van der Waals surface area contributed by atoms with Crippen LogP contribution < -0.4 is 4.72 Å². The summed E-state index contributed by atoms with van der Waals surface area (Å²) in [6, 6.07) is 9.01. The van der Waals surface area contributed by atoms with Gasteiger partial charge in [-0.2, -0.15) is 0 Å². The van der Waals surface area contributed by atoms with Crippen molar-refractivity contribution in [3.63, 3.8) is 0 Å². The van der Waals surface area contributed by atoms with Crippen LogP contribution in [0.15, 0.2) is 47.4 Å². The highest BCUT2D eigenvalue weighted by atomic mass is 35.5. The first-order valence-corrected chi connectivity index (χ1v) is 8.43. The normalized spacial score (nSPS) is 13.0.